The van der Waals surface area contributed by atoms with E-state index >= 15 is 0 Å². The Bertz CT molecular complexity index is 1020. The van der Waals surface area contributed by atoms with Gasteiger partial charge in [0.1, 0.15) is 12.4 Å². The van der Waals surface area contributed by atoms with Gasteiger partial charge in [-0.3, -0.25) is 0 Å². The second kappa shape index (κ2) is 8.71. The van der Waals surface area contributed by atoms with E-state index in [1.165, 1.54) is 17.3 Å². The lowest BCUT2D eigenvalue weighted by atomic mass is 10.0. The summed E-state index contributed by atoms with van der Waals surface area (Å²) in [5, 5.41) is 20.9. The van der Waals surface area contributed by atoms with Crippen LogP contribution in [0.2, 0.25) is 0 Å². The number of benzene rings is 2. The maximum Gasteiger partial charge on any atom is 0.216 e. The molecule has 2 N–H and O–H groups in total. The second-order valence-corrected chi connectivity index (χ2v) is 6.83. The van der Waals surface area contributed by atoms with E-state index < -0.39 is 0 Å². The van der Waals surface area contributed by atoms with Crippen LogP contribution in [-0.2, 0) is 6.61 Å². The summed E-state index contributed by atoms with van der Waals surface area (Å²) in [4.78, 5) is 0. The Labute approximate surface area is 168 Å². The highest BCUT2D eigenvalue weighted by Gasteiger charge is 2.07. The Balaban J connectivity index is 1.74. The van der Waals surface area contributed by atoms with E-state index in [4.69, 9.17) is 21.7 Å². The molecule has 0 saturated heterocycles. The predicted octanol–water partition coefficient (Wildman–Crippen LogP) is 4.24. The minimum atomic E-state index is 0.0668. The summed E-state index contributed by atoms with van der Waals surface area (Å²) in [6.45, 7) is 4.51. The molecular weight excluding hydrogens is 376 g/mol. The fraction of sp³-hybridized carbons (Fsp3) is 0.250. The Kier molecular flexibility index (Phi) is 6.10. The molecule has 146 valence electrons. The number of rotatable bonds is 7. The number of nitrogens with zero attached hydrogens (tertiary/aromatic N) is 3. The molecule has 0 spiro atoms. The maximum atomic E-state index is 9.68. The SMILES string of the molecule is COc1cc(/C=N/n2c(COc3ccc(C(C)C)cc3)n[nH]c2=S)ccc1O. The van der Waals surface area contributed by atoms with Crippen molar-refractivity contribution in [2.45, 2.75) is 26.4 Å². The first-order valence-corrected chi connectivity index (χ1v) is 9.19. The first-order chi connectivity index (χ1) is 13.5. The van der Waals surface area contributed by atoms with Crippen molar-refractivity contribution in [2.24, 2.45) is 5.10 Å². The molecule has 0 aliphatic carbocycles. The van der Waals surface area contributed by atoms with Gasteiger partial charge in [-0.1, -0.05) is 26.0 Å². The van der Waals surface area contributed by atoms with E-state index in [9.17, 15) is 5.11 Å². The van der Waals surface area contributed by atoms with Gasteiger partial charge in [-0.15, -0.1) is 0 Å². The number of H-pyrrole nitrogens is 1. The molecule has 8 heteroatoms. The summed E-state index contributed by atoms with van der Waals surface area (Å²) in [7, 11) is 1.49. The van der Waals surface area contributed by atoms with Gasteiger partial charge in [-0.05, 0) is 59.6 Å². The standard InChI is InChI=1S/C20H22N4O3S/c1-13(2)15-5-7-16(8-6-15)27-12-19-22-23-20(28)24(19)21-11-14-4-9-17(25)18(10-14)26-3/h4-11,13,25H,12H2,1-3H3,(H,23,28)/b21-11+. The largest absolute Gasteiger partial charge is 0.504 e. The highest BCUT2D eigenvalue weighted by Crippen LogP contribution is 2.25. The lowest BCUT2D eigenvalue weighted by molar-refractivity contribution is 0.290. The van der Waals surface area contributed by atoms with E-state index in [1.54, 1.807) is 24.4 Å². The molecule has 0 aliphatic heterocycles. The van der Waals surface area contributed by atoms with Gasteiger partial charge in [0, 0.05) is 0 Å². The smallest absolute Gasteiger partial charge is 0.216 e. The molecule has 0 amide bonds. The Morgan fingerprint density at radius 2 is 2.00 bits per heavy atom. The van der Waals surface area contributed by atoms with Crippen LogP contribution < -0.4 is 9.47 Å². The normalized spacial score (nSPS) is 11.3. The number of aromatic amines is 1. The number of hydrogen-bond acceptors (Lipinski definition) is 6. The van der Waals surface area contributed by atoms with Gasteiger partial charge in [-0.2, -0.15) is 14.9 Å². The van der Waals surface area contributed by atoms with E-state index in [0.717, 1.165) is 11.3 Å². The fourth-order valence-corrected chi connectivity index (χ4v) is 2.73. The number of phenols is 1. The lowest BCUT2D eigenvalue weighted by Crippen LogP contribution is -2.04. The van der Waals surface area contributed by atoms with E-state index in [1.807, 2.05) is 24.3 Å². The van der Waals surface area contributed by atoms with Gasteiger partial charge in [0.05, 0.1) is 13.3 Å². The van der Waals surface area contributed by atoms with Crippen LogP contribution in [0, 0.1) is 4.77 Å². The molecule has 2 aromatic carbocycles. The quantitative estimate of drug-likeness (QED) is 0.459. The molecule has 0 fully saturated rings. The third-order valence-electron chi connectivity index (χ3n) is 4.16. The summed E-state index contributed by atoms with van der Waals surface area (Å²) in [5.41, 5.74) is 2.00. The Morgan fingerprint density at radius 1 is 1.25 bits per heavy atom. The zero-order valence-electron chi connectivity index (χ0n) is 15.9. The van der Waals surface area contributed by atoms with Crippen LogP contribution >= 0.6 is 12.2 Å². The Morgan fingerprint density at radius 3 is 2.68 bits per heavy atom. The zero-order valence-corrected chi connectivity index (χ0v) is 16.7. The molecule has 0 radical (unpaired) electrons. The molecule has 3 rings (SSSR count). The van der Waals surface area contributed by atoms with Crippen molar-refractivity contribution in [3.05, 3.63) is 64.2 Å². The molecule has 3 aromatic rings. The minimum absolute atomic E-state index is 0.0668. The summed E-state index contributed by atoms with van der Waals surface area (Å²) in [6, 6.07) is 12.9. The second-order valence-electron chi connectivity index (χ2n) is 6.45. The molecule has 0 bridgehead atoms. The number of aromatic hydroxyl groups is 1. The molecule has 0 saturated carbocycles. The van der Waals surface area contributed by atoms with Crippen molar-refractivity contribution in [2.75, 3.05) is 7.11 Å². The fourth-order valence-electron chi connectivity index (χ4n) is 2.53. The van der Waals surface area contributed by atoms with Crippen molar-refractivity contribution in [3.63, 3.8) is 0 Å². The topological polar surface area (TPSA) is 84.7 Å². The summed E-state index contributed by atoms with van der Waals surface area (Å²) in [6.07, 6.45) is 1.61. The van der Waals surface area contributed by atoms with Gasteiger partial charge < -0.3 is 14.6 Å². The average Bonchev–Trinajstić information content (AvgIpc) is 3.05. The highest BCUT2D eigenvalue weighted by atomic mass is 32.1. The predicted molar refractivity (Wildman–Crippen MR) is 110 cm³/mol. The summed E-state index contributed by atoms with van der Waals surface area (Å²) >= 11 is 5.25. The average molecular weight is 398 g/mol. The van der Waals surface area contributed by atoms with Crippen molar-refractivity contribution in [3.8, 4) is 17.2 Å². The number of methoxy groups -OCH3 is 1. The molecule has 1 aromatic heterocycles. The number of aromatic nitrogens is 3. The van der Waals surface area contributed by atoms with Crippen molar-refractivity contribution in [1.29, 1.82) is 0 Å². The number of nitrogens with one attached hydrogen (secondary N) is 1. The first kappa shape index (κ1) is 19.6. The van der Waals surface area contributed by atoms with Crippen LogP contribution in [0.4, 0.5) is 0 Å². The van der Waals surface area contributed by atoms with Gasteiger partial charge in [0.25, 0.3) is 0 Å². The van der Waals surface area contributed by atoms with Gasteiger partial charge >= 0.3 is 0 Å². The highest BCUT2D eigenvalue weighted by molar-refractivity contribution is 7.71. The van der Waals surface area contributed by atoms with Gasteiger partial charge in [0.15, 0.2) is 17.3 Å². The van der Waals surface area contributed by atoms with E-state index in [-0.39, 0.29) is 12.4 Å². The molecule has 0 unspecified atom stereocenters. The molecule has 7 nitrogen and oxygen atoms in total. The van der Waals surface area contributed by atoms with Crippen molar-refractivity contribution in [1.82, 2.24) is 14.9 Å². The molecule has 28 heavy (non-hydrogen) atoms. The molecule has 1 heterocycles. The maximum absolute atomic E-state index is 9.68. The van der Waals surface area contributed by atoms with Crippen molar-refractivity contribution < 1.29 is 14.6 Å². The zero-order chi connectivity index (χ0) is 20.1. The van der Waals surface area contributed by atoms with Crippen LogP contribution in [0.15, 0.2) is 47.6 Å². The summed E-state index contributed by atoms with van der Waals surface area (Å²) < 4.78 is 12.8. The molecule has 0 aliphatic rings. The van der Waals surface area contributed by atoms with E-state index in [0.29, 0.717) is 22.3 Å². The van der Waals surface area contributed by atoms with Crippen LogP contribution in [-0.4, -0.2) is 33.3 Å². The lowest BCUT2D eigenvalue weighted by Gasteiger charge is -2.08. The van der Waals surface area contributed by atoms with Crippen molar-refractivity contribution >= 4 is 18.4 Å². The monoisotopic (exact) mass is 398 g/mol. The van der Waals surface area contributed by atoms with Crippen LogP contribution in [0.25, 0.3) is 0 Å². The number of hydrogen-bond donors (Lipinski definition) is 2. The molecule has 0 atom stereocenters. The van der Waals surface area contributed by atoms with Crippen LogP contribution in [0.3, 0.4) is 0 Å². The van der Waals surface area contributed by atoms with Crippen LogP contribution in [0.5, 0.6) is 17.2 Å². The number of phenolic OH excluding ortho intramolecular Hbond substituents is 1. The third-order valence-corrected chi connectivity index (χ3v) is 4.42. The Hall–Kier alpha value is -3.13. The van der Waals surface area contributed by atoms with Gasteiger partial charge in [-0.25, -0.2) is 5.10 Å². The summed E-state index contributed by atoms with van der Waals surface area (Å²) in [5.74, 6) is 2.19. The number of ether oxygens (including phenoxy) is 2. The third kappa shape index (κ3) is 4.58. The first-order valence-electron chi connectivity index (χ1n) is 8.78. The van der Waals surface area contributed by atoms with Gasteiger partial charge in [0.2, 0.25) is 4.77 Å². The molecular formula is C20H22N4O3S. The van der Waals surface area contributed by atoms with E-state index in [2.05, 4.69) is 29.1 Å². The van der Waals surface area contributed by atoms with Crippen LogP contribution in [0.1, 0.15) is 36.7 Å². The minimum Gasteiger partial charge on any atom is -0.504 e.